The molecular weight excluding hydrogens is 305 g/mol. The molecular formula is C13H13Cl2NO4. The number of methoxy groups -OCH3 is 2. The lowest BCUT2D eigenvalue weighted by Crippen LogP contribution is -2.26. The summed E-state index contributed by atoms with van der Waals surface area (Å²) in [4.78, 5) is 25.0. The maximum absolute atomic E-state index is 12.0. The lowest BCUT2D eigenvalue weighted by molar-refractivity contribution is -0.145. The number of carbonyl (C=O) groups is 2. The van der Waals surface area contributed by atoms with Gasteiger partial charge in [0.15, 0.2) is 0 Å². The maximum atomic E-state index is 12.0. The molecule has 0 aliphatic carbocycles. The highest BCUT2D eigenvalue weighted by Gasteiger charge is 2.36. The number of amides is 1. The van der Waals surface area contributed by atoms with Crippen LogP contribution in [0.3, 0.4) is 0 Å². The Balaban J connectivity index is 2.32. The molecule has 1 atom stereocenters. The zero-order valence-electron chi connectivity index (χ0n) is 11.0. The van der Waals surface area contributed by atoms with Crippen molar-refractivity contribution in [3.8, 4) is 5.75 Å². The van der Waals surface area contributed by atoms with Crippen LogP contribution in [0.4, 0.5) is 5.69 Å². The second kappa shape index (κ2) is 5.89. The van der Waals surface area contributed by atoms with Gasteiger partial charge in [0.05, 0.1) is 35.9 Å². The number of ether oxygens (including phenoxy) is 2. The minimum atomic E-state index is -0.481. The molecule has 0 radical (unpaired) electrons. The topological polar surface area (TPSA) is 55.8 Å². The fourth-order valence-corrected chi connectivity index (χ4v) is 2.71. The fourth-order valence-electron chi connectivity index (χ4n) is 2.15. The Morgan fingerprint density at radius 1 is 1.30 bits per heavy atom. The van der Waals surface area contributed by atoms with E-state index in [2.05, 4.69) is 4.74 Å². The summed E-state index contributed by atoms with van der Waals surface area (Å²) >= 11 is 12.1. The van der Waals surface area contributed by atoms with E-state index >= 15 is 0 Å². The van der Waals surface area contributed by atoms with Gasteiger partial charge in [-0.25, -0.2) is 0 Å². The Hall–Kier alpha value is -1.46. The first-order valence-electron chi connectivity index (χ1n) is 5.89. The first-order valence-corrected chi connectivity index (χ1v) is 6.64. The van der Waals surface area contributed by atoms with E-state index in [4.69, 9.17) is 27.9 Å². The zero-order valence-corrected chi connectivity index (χ0v) is 12.5. The summed E-state index contributed by atoms with van der Waals surface area (Å²) in [6.45, 7) is 0.232. The first kappa shape index (κ1) is 14.9. The van der Waals surface area contributed by atoms with Gasteiger partial charge < -0.3 is 14.4 Å². The second-order valence-corrected chi connectivity index (χ2v) is 5.18. The van der Waals surface area contributed by atoms with E-state index < -0.39 is 11.9 Å². The summed E-state index contributed by atoms with van der Waals surface area (Å²) in [6.07, 6.45) is 0.105. The Labute approximate surface area is 126 Å². The van der Waals surface area contributed by atoms with E-state index in [9.17, 15) is 9.59 Å². The average Bonchev–Trinajstić information content (AvgIpc) is 2.80. The first-order chi connectivity index (χ1) is 9.47. The van der Waals surface area contributed by atoms with Crippen LogP contribution in [0.25, 0.3) is 0 Å². The monoisotopic (exact) mass is 317 g/mol. The highest BCUT2D eigenvalue weighted by Crippen LogP contribution is 2.38. The molecule has 5 nitrogen and oxygen atoms in total. The van der Waals surface area contributed by atoms with Crippen molar-refractivity contribution in [2.75, 3.05) is 25.7 Å². The van der Waals surface area contributed by atoms with Crippen LogP contribution in [0.5, 0.6) is 5.75 Å². The zero-order chi connectivity index (χ0) is 14.9. The number of rotatable bonds is 3. The van der Waals surface area contributed by atoms with Gasteiger partial charge in [0.1, 0.15) is 5.75 Å². The number of nitrogens with zero attached hydrogens (tertiary/aromatic N) is 1. The molecule has 0 spiro atoms. The Bertz CT molecular complexity index is 562. The second-order valence-electron chi connectivity index (χ2n) is 4.37. The van der Waals surface area contributed by atoms with Crippen LogP contribution in [0.1, 0.15) is 6.42 Å². The molecule has 1 aromatic rings. The van der Waals surface area contributed by atoms with Crippen LogP contribution in [-0.2, 0) is 14.3 Å². The summed E-state index contributed by atoms with van der Waals surface area (Å²) in [6, 6.07) is 3.10. The van der Waals surface area contributed by atoms with E-state index in [0.29, 0.717) is 21.5 Å². The predicted molar refractivity (Wildman–Crippen MR) is 75.5 cm³/mol. The number of benzene rings is 1. The molecule has 1 amide bonds. The molecule has 108 valence electrons. The summed E-state index contributed by atoms with van der Waals surface area (Å²) in [7, 11) is 2.77. The minimum absolute atomic E-state index is 0.105. The lowest BCUT2D eigenvalue weighted by atomic mass is 10.1. The average molecular weight is 318 g/mol. The molecule has 1 saturated heterocycles. The molecule has 0 N–H and O–H groups in total. The van der Waals surface area contributed by atoms with Gasteiger partial charge in [-0.05, 0) is 6.07 Å². The lowest BCUT2D eigenvalue weighted by Gasteiger charge is -2.19. The van der Waals surface area contributed by atoms with Crippen molar-refractivity contribution >= 4 is 40.8 Å². The van der Waals surface area contributed by atoms with E-state index in [1.807, 2.05) is 0 Å². The molecule has 1 fully saturated rings. The molecule has 2 rings (SSSR count). The standard InChI is InChI=1S/C13H13Cl2NO4/c1-19-11-5-10(8(14)4-9(11)15)16-6-7(3-12(16)17)13(18)20-2/h4-5,7H,3,6H2,1-2H3. The van der Waals surface area contributed by atoms with Gasteiger partial charge in [-0.15, -0.1) is 0 Å². The van der Waals surface area contributed by atoms with Crippen molar-refractivity contribution in [3.63, 3.8) is 0 Å². The number of carbonyl (C=O) groups excluding carboxylic acids is 2. The highest BCUT2D eigenvalue weighted by atomic mass is 35.5. The number of anilines is 1. The number of hydrogen-bond acceptors (Lipinski definition) is 4. The molecule has 1 aliphatic heterocycles. The Morgan fingerprint density at radius 2 is 2.00 bits per heavy atom. The van der Waals surface area contributed by atoms with E-state index in [-0.39, 0.29) is 18.9 Å². The molecule has 1 unspecified atom stereocenters. The quantitative estimate of drug-likeness (QED) is 0.804. The van der Waals surface area contributed by atoms with Crippen molar-refractivity contribution in [2.45, 2.75) is 6.42 Å². The molecule has 0 bridgehead atoms. The van der Waals surface area contributed by atoms with Crippen LogP contribution in [0.15, 0.2) is 12.1 Å². The Kier molecular flexibility index (Phi) is 4.40. The van der Waals surface area contributed by atoms with Gasteiger partial charge in [-0.3, -0.25) is 9.59 Å². The van der Waals surface area contributed by atoms with Gasteiger partial charge in [0, 0.05) is 19.0 Å². The van der Waals surface area contributed by atoms with Crippen molar-refractivity contribution in [1.29, 1.82) is 0 Å². The number of esters is 1. The third-order valence-electron chi connectivity index (χ3n) is 3.17. The Morgan fingerprint density at radius 3 is 2.60 bits per heavy atom. The summed E-state index contributed by atoms with van der Waals surface area (Å²) in [5.41, 5.74) is 0.476. The minimum Gasteiger partial charge on any atom is -0.495 e. The van der Waals surface area contributed by atoms with Crippen LogP contribution in [-0.4, -0.2) is 32.6 Å². The van der Waals surface area contributed by atoms with Crippen LogP contribution in [0, 0.1) is 5.92 Å². The number of hydrogen-bond donors (Lipinski definition) is 0. The van der Waals surface area contributed by atoms with E-state index in [0.717, 1.165) is 0 Å². The van der Waals surface area contributed by atoms with E-state index in [1.54, 1.807) is 6.07 Å². The van der Waals surface area contributed by atoms with Crippen LogP contribution in [0.2, 0.25) is 10.0 Å². The van der Waals surface area contributed by atoms with Gasteiger partial charge in [0.2, 0.25) is 5.91 Å². The summed E-state index contributed by atoms with van der Waals surface area (Å²) in [5.74, 6) is -0.657. The summed E-state index contributed by atoms with van der Waals surface area (Å²) in [5, 5.41) is 0.687. The van der Waals surface area contributed by atoms with Crippen molar-refractivity contribution in [3.05, 3.63) is 22.2 Å². The molecule has 20 heavy (non-hydrogen) atoms. The third-order valence-corrected chi connectivity index (χ3v) is 3.77. The third kappa shape index (κ3) is 2.69. The van der Waals surface area contributed by atoms with Crippen molar-refractivity contribution in [1.82, 2.24) is 0 Å². The largest absolute Gasteiger partial charge is 0.495 e. The van der Waals surface area contributed by atoms with Crippen molar-refractivity contribution in [2.24, 2.45) is 5.92 Å². The molecule has 0 saturated carbocycles. The van der Waals surface area contributed by atoms with Gasteiger partial charge in [0.25, 0.3) is 0 Å². The van der Waals surface area contributed by atoms with Gasteiger partial charge in [-0.1, -0.05) is 23.2 Å². The normalized spacial score (nSPS) is 18.3. The van der Waals surface area contributed by atoms with Crippen LogP contribution >= 0.6 is 23.2 Å². The summed E-state index contributed by atoms with van der Waals surface area (Å²) < 4.78 is 9.78. The highest BCUT2D eigenvalue weighted by molar-refractivity contribution is 6.37. The molecule has 1 aliphatic rings. The van der Waals surface area contributed by atoms with E-state index in [1.165, 1.54) is 25.2 Å². The fraction of sp³-hybridized carbons (Fsp3) is 0.385. The van der Waals surface area contributed by atoms with Crippen molar-refractivity contribution < 1.29 is 19.1 Å². The van der Waals surface area contributed by atoms with Gasteiger partial charge in [-0.2, -0.15) is 0 Å². The number of halogens is 2. The van der Waals surface area contributed by atoms with Crippen LogP contribution < -0.4 is 9.64 Å². The smallest absolute Gasteiger partial charge is 0.311 e. The molecule has 0 aromatic heterocycles. The van der Waals surface area contributed by atoms with Gasteiger partial charge >= 0.3 is 5.97 Å². The molecule has 1 aromatic carbocycles. The predicted octanol–water partition coefficient (Wildman–Crippen LogP) is 2.53. The molecule has 1 heterocycles. The SMILES string of the molecule is COC(=O)C1CC(=O)N(c2cc(OC)c(Cl)cc2Cl)C1. The molecule has 7 heteroatoms. The maximum Gasteiger partial charge on any atom is 0.311 e.